The van der Waals surface area contributed by atoms with Gasteiger partial charge < -0.3 is 5.32 Å². The van der Waals surface area contributed by atoms with E-state index in [1.807, 2.05) is 42.6 Å². The van der Waals surface area contributed by atoms with Gasteiger partial charge in [-0.2, -0.15) is 0 Å². The maximum Gasteiger partial charge on any atom is 0.273 e. The zero-order chi connectivity index (χ0) is 12.4. The molecule has 1 aliphatic heterocycles. The molecule has 0 bridgehead atoms. The van der Waals surface area contributed by atoms with Crippen LogP contribution in [0.2, 0.25) is 0 Å². The quantitative estimate of drug-likeness (QED) is 0.848. The summed E-state index contributed by atoms with van der Waals surface area (Å²) in [7, 11) is 0. The van der Waals surface area contributed by atoms with Gasteiger partial charge in [-0.25, -0.2) is 0 Å². The average molecular weight is 240 g/mol. The third kappa shape index (κ3) is 2.21. The van der Waals surface area contributed by atoms with Gasteiger partial charge in [0.05, 0.1) is 0 Å². The van der Waals surface area contributed by atoms with Crippen molar-refractivity contribution in [2.75, 3.05) is 5.32 Å². The van der Waals surface area contributed by atoms with Crippen molar-refractivity contribution in [1.29, 1.82) is 0 Å². The fraction of sp³-hybridized carbons (Fsp3) is 0.333. The molecule has 0 aromatic heterocycles. The van der Waals surface area contributed by atoms with Gasteiger partial charge >= 0.3 is 0 Å². The number of para-hydroxylation sites is 1. The van der Waals surface area contributed by atoms with E-state index in [0.29, 0.717) is 17.5 Å². The Morgan fingerprint density at radius 1 is 1.22 bits per heavy atom. The molecule has 2 atom stereocenters. The summed E-state index contributed by atoms with van der Waals surface area (Å²) in [5, 5.41) is 2.87. The van der Waals surface area contributed by atoms with E-state index in [1.54, 1.807) is 0 Å². The van der Waals surface area contributed by atoms with Crippen LogP contribution < -0.4 is 5.32 Å². The molecule has 1 heterocycles. The minimum absolute atomic E-state index is 0.112. The van der Waals surface area contributed by atoms with Crippen molar-refractivity contribution in [3.8, 4) is 0 Å². The maximum absolute atomic E-state index is 12.1. The Bertz CT molecular complexity index is 504. The highest BCUT2D eigenvalue weighted by molar-refractivity contribution is 6.04. The van der Waals surface area contributed by atoms with E-state index in [4.69, 9.17) is 0 Å². The summed E-state index contributed by atoms with van der Waals surface area (Å²) in [4.78, 5) is 16.4. The van der Waals surface area contributed by atoms with Crippen LogP contribution in [0.25, 0.3) is 0 Å². The number of nitrogens with one attached hydrogen (secondary N) is 1. The first-order chi connectivity index (χ1) is 8.83. The second-order valence-corrected chi connectivity index (χ2v) is 4.92. The average Bonchev–Trinajstić information content (AvgIpc) is 2.50. The van der Waals surface area contributed by atoms with Gasteiger partial charge in [-0.15, -0.1) is 0 Å². The number of fused-ring (bicyclic) bond motifs is 1. The summed E-state index contributed by atoms with van der Waals surface area (Å²) in [6.07, 6.45) is 7.38. The molecule has 2 aliphatic rings. The molecule has 1 fully saturated rings. The lowest BCUT2D eigenvalue weighted by Gasteiger charge is -2.31. The Morgan fingerprint density at radius 3 is 2.78 bits per heavy atom. The Kier molecular flexibility index (Phi) is 2.97. The smallest absolute Gasteiger partial charge is 0.273 e. The fourth-order valence-corrected chi connectivity index (χ4v) is 2.44. The summed E-state index contributed by atoms with van der Waals surface area (Å²) < 4.78 is 0. The molecule has 1 aromatic rings. The number of rotatable bonds is 2. The van der Waals surface area contributed by atoms with E-state index in [0.717, 1.165) is 12.1 Å². The number of benzene rings is 1. The van der Waals surface area contributed by atoms with Gasteiger partial charge in [-0.05, 0) is 43.2 Å². The van der Waals surface area contributed by atoms with Crippen LogP contribution in [-0.4, -0.2) is 12.1 Å². The van der Waals surface area contributed by atoms with Gasteiger partial charge in [0.25, 0.3) is 5.91 Å². The topological polar surface area (TPSA) is 41.5 Å². The minimum Gasteiger partial charge on any atom is -0.321 e. The summed E-state index contributed by atoms with van der Waals surface area (Å²) in [5.74, 6) is 1.18. The first kappa shape index (κ1) is 11.2. The molecular weight excluding hydrogens is 224 g/mol. The molecule has 1 aromatic carbocycles. The first-order valence-corrected chi connectivity index (χ1v) is 6.43. The van der Waals surface area contributed by atoms with Crippen molar-refractivity contribution < 1.29 is 4.79 Å². The highest BCUT2D eigenvalue weighted by Crippen LogP contribution is 2.37. The molecule has 0 spiro atoms. The van der Waals surface area contributed by atoms with Gasteiger partial charge in [-0.1, -0.05) is 24.3 Å². The number of amides is 1. The lowest BCUT2D eigenvalue weighted by Crippen LogP contribution is -2.25. The van der Waals surface area contributed by atoms with Crippen LogP contribution in [0.5, 0.6) is 0 Å². The summed E-state index contributed by atoms with van der Waals surface area (Å²) in [5.41, 5.74) is 1.36. The number of hydrogen-bond donors (Lipinski definition) is 1. The standard InChI is InChI=1S/C15H16N2O/c18-15(17-13-4-2-1-3-5-13)14-9-8-11-6-7-12(11)10-16-14/h1-5,9-12H,6-8H2,(H,17,18). The first-order valence-electron chi connectivity index (χ1n) is 6.43. The molecule has 1 aliphatic carbocycles. The van der Waals surface area contributed by atoms with Gasteiger partial charge in [0.1, 0.15) is 5.70 Å². The number of carbonyl (C=O) groups excluding carboxylic acids is 1. The number of allylic oxidation sites excluding steroid dienone is 1. The summed E-state index contributed by atoms with van der Waals surface area (Å²) in [6, 6.07) is 9.49. The highest BCUT2D eigenvalue weighted by Gasteiger charge is 2.30. The third-order valence-corrected chi connectivity index (χ3v) is 3.76. The van der Waals surface area contributed by atoms with Gasteiger partial charge in [0.15, 0.2) is 0 Å². The predicted molar refractivity (Wildman–Crippen MR) is 72.5 cm³/mol. The molecule has 1 saturated carbocycles. The normalized spacial score (nSPS) is 25.4. The van der Waals surface area contributed by atoms with Gasteiger partial charge in [0.2, 0.25) is 0 Å². The largest absolute Gasteiger partial charge is 0.321 e. The third-order valence-electron chi connectivity index (χ3n) is 3.76. The van der Waals surface area contributed by atoms with Crippen LogP contribution in [0.4, 0.5) is 5.69 Å². The number of nitrogens with zero attached hydrogens (tertiary/aromatic N) is 1. The van der Waals surface area contributed by atoms with Crippen LogP contribution in [0.3, 0.4) is 0 Å². The van der Waals surface area contributed by atoms with Crippen molar-refractivity contribution in [1.82, 2.24) is 0 Å². The lowest BCUT2D eigenvalue weighted by atomic mass is 9.73. The van der Waals surface area contributed by atoms with Gasteiger partial charge in [-0.3, -0.25) is 9.79 Å². The highest BCUT2D eigenvalue weighted by atomic mass is 16.2. The van der Waals surface area contributed by atoms with E-state index in [1.165, 1.54) is 12.8 Å². The van der Waals surface area contributed by atoms with Crippen molar-refractivity contribution in [3.63, 3.8) is 0 Å². The van der Waals surface area contributed by atoms with Crippen LogP contribution in [0, 0.1) is 11.8 Å². The molecule has 3 nitrogen and oxygen atoms in total. The molecular formula is C15H16N2O. The zero-order valence-corrected chi connectivity index (χ0v) is 10.2. The van der Waals surface area contributed by atoms with Crippen LogP contribution >= 0.6 is 0 Å². The van der Waals surface area contributed by atoms with E-state index in [-0.39, 0.29) is 5.91 Å². The maximum atomic E-state index is 12.1. The summed E-state index contributed by atoms with van der Waals surface area (Å²) in [6.45, 7) is 0. The Balaban J connectivity index is 1.70. The van der Waals surface area contributed by atoms with Crippen molar-refractivity contribution in [2.24, 2.45) is 16.8 Å². The zero-order valence-electron chi connectivity index (χ0n) is 10.2. The molecule has 0 saturated heterocycles. The molecule has 3 heteroatoms. The van der Waals surface area contributed by atoms with E-state index >= 15 is 0 Å². The molecule has 92 valence electrons. The minimum atomic E-state index is -0.112. The van der Waals surface area contributed by atoms with Crippen molar-refractivity contribution in [3.05, 3.63) is 42.1 Å². The van der Waals surface area contributed by atoms with Crippen molar-refractivity contribution >= 4 is 17.8 Å². The molecule has 1 amide bonds. The SMILES string of the molecule is O=C(Nc1ccccc1)C1=CCC2CCC2C=N1. The Labute approximate surface area is 107 Å². The predicted octanol–water partition coefficient (Wildman–Crippen LogP) is 3.01. The van der Waals surface area contributed by atoms with Crippen LogP contribution in [0.15, 0.2) is 47.1 Å². The Hall–Kier alpha value is -1.90. The number of anilines is 1. The van der Waals surface area contributed by atoms with E-state index in [2.05, 4.69) is 10.3 Å². The molecule has 18 heavy (non-hydrogen) atoms. The Morgan fingerprint density at radius 2 is 2.06 bits per heavy atom. The number of aliphatic imine (C=N–C) groups is 1. The van der Waals surface area contributed by atoms with Crippen LogP contribution in [-0.2, 0) is 4.79 Å². The molecule has 2 unspecified atom stereocenters. The molecule has 1 N–H and O–H groups in total. The van der Waals surface area contributed by atoms with E-state index in [9.17, 15) is 4.79 Å². The summed E-state index contributed by atoms with van der Waals surface area (Å²) >= 11 is 0. The van der Waals surface area contributed by atoms with E-state index < -0.39 is 0 Å². The monoisotopic (exact) mass is 240 g/mol. The number of carbonyl (C=O) groups is 1. The second-order valence-electron chi connectivity index (χ2n) is 4.92. The molecule has 3 rings (SSSR count). The van der Waals surface area contributed by atoms with Crippen LogP contribution in [0.1, 0.15) is 19.3 Å². The van der Waals surface area contributed by atoms with Gasteiger partial charge in [0, 0.05) is 11.9 Å². The number of hydrogen-bond acceptors (Lipinski definition) is 2. The lowest BCUT2D eigenvalue weighted by molar-refractivity contribution is -0.112. The molecule has 0 radical (unpaired) electrons. The fourth-order valence-electron chi connectivity index (χ4n) is 2.44. The second kappa shape index (κ2) is 4.77. The van der Waals surface area contributed by atoms with Crippen molar-refractivity contribution in [2.45, 2.75) is 19.3 Å².